The van der Waals surface area contributed by atoms with Crippen LogP contribution >= 0.6 is 0 Å². The fraction of sp³-hybridized carbons (Fsp3) is 0.583. The predicted molar refractivity (Wildman–Crippen MR) is 62.2 cm³/mol. The third kappa shape index (κ3) is 6.14. The second-order valence-electron chi connectivity index (χ2n) is 3.92. The van der Waals surface area contributed by atoms with Crippen LogP contribution in [0.5, 0.6) is 0 Å². The lowest BCUT2D eigenvalue weighted by Gasteiger charge is -2.12. The Morgan fingerprint density at radius 2 is 2.06 bits per heavy atom. The Hall–Kier alpha value is -1.26. The highest BCUT2D eigenvalue weighted by Crippen LogP contribution is 2.28. The molecule has 0 saturated carbocycles. The third-order valence-corrected chi connectivity index (χ3v) is 2.25. The lowest BCUT2D eigenvalue weighted by atomic mass is 9.98. The number of hydrogen-bond acceptors (Lipinski definition) is 2. The summed E-state index contributed by atoms with van der Waals surface area (Å²) in [5.74, 6) is -0.345. The van der Waals surface area contributed by atoms with E-state index in [4.69, 9.17) is 5.21 Å². The van der Waals surface area contributed by atoms with Crippen molar-refractivity contribution in [3.63, 3.8) is 0 Å². The number of oxime groups is 1. The van der Waals surface area contributed by atoms with E-state index in [9.17, 15) is 13.2 Å². The lowest BCUT2D eigenvalue weighted by molar-refractivity contribution is -0.0886. The average molecular weight is 249 g/mol. The number of halogens is 3. The van der Waals surface area contributed by atoms with E-state index in [2.05, 4.69) is 11.7 Å². The number of allylic oxidation sites excluding steroid dienone is 3. The van der Waals surface area contributed by atoms with Gasteiger partial charge in [-0.05, 0) is 18.8 Å². The van der Waals surface area contributed by atoms with Gasteiger partial charge in [0.25, 0.3) is 0 Å². The number of alkyl halides is 3. The largest absolute Gasteiger partial charge is 0.416 e. The molecule has 0 aliphatic carbocycles. The third-order valence-electron chi connectivity index (χ3n) is 2.25. The van der Waals surface area contributed by atoms with Gasteiger partial charge in [-0.15, -0.1) is 0 Å². The molecule has 17 heavy (non-hydrogen) atoms. The second kappa shape index (κ2) is 7.14. The quantitative estimate of drug-likeness (QED) is 0.323. The van der Waals surface area contributed by atoms with Crippen LogP contribution in [0.3, 0.4) is 0 Å². The van der Waals surface area contributed by atoms with Gasteiger partial charge in [-0.1, -0.05) is 44.2 Å². The van der Waals surface area contributed by atoms with Crippen LogP contribution in [0, 0.1) is 5.92 Å². The highest BCUT2D eigenvalue weighted by atomic mass is 19.4. The van der Waals surface area contributed by atoms with Crippen LogP contribution in [0.1, 0.15) is 33.1 Å². The van der Waals surface area contributed by atoms with E-state index in [1.165, 1.54) is 0 Å². The molecule has 0 heterocycles. The fourth-order valence-electron chi connectivity index (χ4n) is 1.50. The van der Waals surface area contributed by atoms with Gasteiger partial charge in [0.15, 0.2) is 0 Å². The van der Waals surface area contributed by atoms with Crippen molar-refractivity contribution in [2.24, 2.45) is 11.1 Å². The molecule has 0 aromatic heterocycles. The van der Waals surface area contributed by atoms with Crippen LogP contribution < -0.4 is 0 Å². The Morgan fingerprint density at radius 1 is 1.47 bits per heavy atom. The van der Waals surface area contributed by atoms with Crippen molar-refractivity contribution in [3.8, 4) is 0 Å². The molecule has 0 radical (unpaired) electrons. The molecule has 1 N–H and O–H groups in total. The topological polar surface area (TPSA) is 32.6 Å². The lowest BCUT2D eigenvalue weighted by Crippen LogP contribution is -2.12. The Kier molecular flexibility index (Phi) is 6.61. The van der Waals surface area contributed by atoms with Gasteiger partial charge in [-0.25, -0.2) is 0 Å². The first-order valence-corrected chi connectivity index (χ1v) is 5.46. The van der Waals surface area contributed by atoms with Crippen LogP contribution in [0.4, 0.5) is 13.2 Å². The molecule has 2 nitrogen and oxygen atoms in total. The predicted octanol–water partition coefficient (Wildman–Crippen LogP) is 4.32. The molecule has 0 spiro atoms. The van der Waals surface area contributed by atoms with E-state index >= 15 is 0 Å². The molecule has 98 valence electrons. The summed E-state index contributed by atoms with van der Waals surface area (Å²) in [4.78, 5) is 0. The molecule has 0 rings (SSSR count). The van der Waals surface area contributed by atoms with Gasteiger partial charge in [0.2, 0.25) is 0 Å². The van der Waals surface area contributed by atoms with Crippen molar-refractivity contribution in [2.75, 3.05) is 0 Å². The summed E-state index contributed by atoms with van der Waals surface area (Å²) in [6.45, 7) is 6.71. The normalized spacial score (nSPS) is 15.8. The zero-order chi connectivity index (χ0) is 13.5. The van der Waals surface area contributed by atoms with Crippen LogP contribution in [-0.4, -0.2) is 17.1 Å². The van der Waals surface area contributed by atoms with Crippen molar-refractivity contribution in [1.29, 1.82) is 0 Å². The molecule has 0 aromatic carbocycles. The van der Waals surface area contributed by atoms with E-state index in [1.54, 1.807) is 6.92 Å². The maximum absolute atomic E-state index is 12.4. The molecule has 5 heteroatoms. The number of nitrogens with zero attached hydrogens (tertiary/aromatic N) is 1. The molecule has 0 aliphatic heterocycles. The Morgan fingerprint density at radius 3 is 2.41 bits per heavy atom. The smallest absolute Gasteiger partial charge is 0.411 e. The van der Waals surface area contributed by atoms with Crippen LogP contribution in [0.2, 0.25) is 0 Å². The molecule has 0 amide bonds. The van der Waals surface area contributed by atoms with Crippen molar-refractivity contribution in [2.45, 2.75) is 39.3 Å². The summed E-state index contributed by atoms with van der Waals surface area (Å²) >= 11 is 0. The van der Waals surface area contributed by atoms with Gasteiger partial charge in [-0.2, -0.15) is 13.2 Å². The zero-order valence-corrected chi connectivity index (χ0v) is 10.1. The molecule has 1 atom stereocenters. The maximum Gasteiger partial charge on any atom is 0.416 e. The highest BCUT2D eigenvalue weighted by Gasteiger charge is 2.31. The standard InChI is InChI=1S/C12H18F3NO/c1-4-6-11(16-17)8-9(3)7-10(5-2)12(13,14)15/h5,7,9,17H,2,4,6,8H2,1,3H3/b10-7+,16-11+. The van der Waals surface area contributed by atoms with Gasteiger partial charge >= 0.3 is 6.18 Å². The maximum atomic E-state index is 12.4. The minimum Gasteiger partial charge on any atom is -0.411 e. The van der Waals surface area contributed by atoms with E-state index in [-0.39, 0.29) is 5.92 Å². The monoisotopic (exact) mass is 249 g/mol. The van der Waals surface area contributed by atoms with Gasteiger partial charge in [0, 0.05) is 0 Å². The molecule has 0 fully saturated rings. The zero-order valence-electron chi connectivity index (χ0n) is 10.1. The van der Waals surface area contributed by atoms with Gasteiger partial charge in [0.05, 0.1) is 11.3 Å². The molecule has 0 aromatic rings. The van der Waals surface area contributed by atoms with E-state index < -0.39 is 11.7 Å². The van der Waals surface area contributed by atoms with Gasteiger partial charge < -0.3 is 5.21 Å². The Balaban J connectivity index is 4.66. The van der Waals surface area contributed by atoms with Crippen molar-refractivity contribution in [3.05, 3.63) is 24.3 Å². The van der Waals surface area contributed by atoms with E-state index in [0.29, 0.717) is 18.6 Å². The molecule has 0 bridgehead atoms. The summed E-state index contributed by atoms with van der Waals surface area (Å²) in [5.41, 5.74) is -0.236. The first-order valence-electron chi connectivity index (χ1n) is 5.46. The molecule has 0 aliphatic rings. The second-order valence-corrected chi connectivity index (χ2v) is 3.92. The van der Waals surface area contributed by atoms with Crippen molar-refractivity contribution in [1.82, 2.24) is 0 Å². The summed E-state index contributed by atoms with van der Waals surface area (Å²) in [5, 5.41) is 11.8. The first kappa shape index (κ1) is 15.7. The van der Waals surface area contributed by atoms with Crippen LogP contribution in [0.15, 0.2) is 29.5 Å². The van der Waals surface area contributed by atoms with E-state index in [0.717, 1.165) is 18.6 Å². The number of rotatable bonds is 6. The summed E-state index contributed by atoms with van der Waals surface area (Å²) in [6, 6.07) is 0. The Bertz CT molecular complexity index is 305. The molecule has 1 unspecified atom stereocenters. The van der Waals surface area contributed by atoms with Gasteiger partial charge in [0.1, 0.15) is 0 Å². The molecular weight excluding hydrogens is 231 g/mol. The van der Waals surface area contributed by atoms with Crippen LogP contribution in [-0.2, 0) is 0 Å². The average Bonchev–Trinajstić information content (AvgIpc) is 2.23. The van der Waals surface area contributed by atoms with E-state index in [1.807, 2.05) is 6.92 Å². The van der Waals surface area contributed by atoms with Gasteiger partial charge in [-0.3, -0.25) is 0 Å². The summed E-state index contributed by atoms with van der Waals surface area (Å²) in [6.07, 6.45) is -0.775. The highest BCUT2D eigenvalue weighted by molar-refractivity contribution is 5.84. The fourth-order valence-corrected chi connectivity index (χ4v) is 1.50. The van der Waals surface area contributed by atoms with Crippen LogP contribution in [0.25, 0.3) is 0 Å². The summed E-state index contributed by atoms with van der Waals surface area (Å²) < 4.78 is 37.3. The minimum absolute atomic E-state index is 0.317. The summed E-state index contributed by atoms with van der Waals surface area (Å²) in [7, 11) is 0. The van der Waals surface area contributed by atoms with Crippen molar-refractivity contribution < 1.29 is 18.4 Å². The Labute approximate surface area is 99.5 Å². The SMILES string of the molecule is C=C/C(=C\C(C)C/C(CCC)=N/O)C(F)(F)F. The first-order chi connectivity index (χ1) is 7.85. The molecule has 0 saturated heterocycles. The van der Waals surface area contributed by atoms with Crippen molar-refractivity contribution >= 4 is 5.71 Å². The molecular formula is C12H18F3NO. The minimum atomic E-state index is -4.38. The number of hydrogen-bond donors (Lipinski definition) is 1.